The van der Waals surface area contributed by atoms with Crippen molar-refractivity contribution in [1.29, 1.82) is 10.5 Å². The molecule has 0 heterocycles. The normalized spacial score (nSPS) is 31.0. The van der Waals surface area contributed by atoms with Gasteiger partial charge in [-0.1, -0.05) is 37.3 Å². The number of benzene rings is 1. The highest BCUT2D eigenvalue weighted by atomic mass is 16.1. The van der Waals surface area contributed by atoms with E-state index in [0.29, 0.717) is 11.5 Å². The van der Waals surface area contributed by atoms with E-state index < -0.39 is 16.7 Å². The van der Waals surface area contributed by atoms with Crippen LogP contribution in [-0.4, -0.2) is 5.78 Å². The lowest BCUT2D eigenvalue weighted by Gasteiger charge is -2.08. The number of rotatable bonds is 3. The van der Waals surface area contributed by atoms with E-state index in [4.69, 9.17) is 0 Å². The number of ketones is 1. The molecule has 94 valence electrons. The molecular formula is C16H14N2O. The first-order valence-corrected chi connectivity index (χ1v) is 6.53. The Hall–Kier alpha value is -2.13. The second-order valence-corrected chi connectivity index (χ2v) is 5.75. The lowest BCUT2D eigenvalue weighted by atomic mass is 9.92. The van der Waals surface area contributed by atoms with Gasteiger partial charge in [-0.25, -0.2) is 0 Å². The minimum absolute atomic E-state index is 0.0573. The summed E-state index contributed by atoms with van der Waals surface area (Å²) >= 11 is 0. The van der Waals surface area contributed by atoms with E-state index in [9.17, 15) is 15.3 Å². The van der Waals surface area contributed by atoms with Crippen LogP contribution in [0.2, 0.25) is 0 Å². The van der Waals surface area contributed by atoms with Gasteiger partial charge in [0.25, 0.3) is 0 Å². The van der Waals surface area contributed by atoms with Crippen molar-refractivity contribution in [3.63, 3.8) is 0 Å². The van der Waals surface area contributed by atoms with E-state index in [1.165, 1.54) is 0 Å². The van der Waals surface area contributed by atoms with Crippen LogP contribution in [0.4, 0.5) is 0 Å². The molecular weight excluding hydrogens is 236 g/mol. The first-order chi connectivity index (χ1) is 9.11. The highest BCUT2D eigenvalue weighted by molar-refractivity contribution is 6.02. The Kier molecular flexibility index (Phi) is 2.31. The monoisotopic (exact) mass is 250 g/mol. The van der Waals surface area contributed by atoms with Crippen LogP contribution >= 0.6 is 0 Å². The van der Waals surface area contributed by atoms with Gasteiger partial charge in [0, 0.05) is 11.0 Å². The third-order valence-corrected chi connectivity index (χ3v) is 4.90. The maximum absolute atomic E-state index is 12.6. The van der Waals surface area contributed by atoms with Crippen LogP contribution in [0.25, 0.3) is 0 Å². The molecule has 1 aromatic rings. The summed E-state index contributed by atoms with van der Waals surface area (Å²) in [5.41, 5.74) is -0.975. The molecule has 0 spiro atoms. The number of hydrogen-bond donors (Lipinski definition) is 0. The fourth-order valence-corrected chi connectivity index (χ4v) is 3.52. The van der Waals surface area contributed by atoms with Gasteiger partial charge in [-0.2, -0.15) is 10.5 Å². The van der Waals surface area contributed by atoms with Crippen LogP contribution in [0, 0.1) is 45.3 Å². The zero-order chi connectivity index (χ0) is 13.7. The number of Topliss-reactive ketones (excluding diaryl/α,β-unsaturated/α-hetero) is 1. The zero-order valence-electron chi connectivity index (χ0n) is 10.8. The van der Waals surface area contributed by atoms with Crippen LogP contribution in [-0.2, 0) is 0 Å². The van der Waals surface area contributed by atoms with Gasteiger partial charge in [0.15, 0.2) is 11.2 Å². The molecule has 0 bridgehead atoms. The lowest BCUT2D eigenvalue weighted by Crippen LogP contribution is -2.10. The van der Waals surface area contributed by atoms with Crippen LogP contribution < -0.4 is 0 Å². The molecule has 0 aliphatic heterocycles. The minimum atomic E-state index is -1.12. The van der Waals surface area contributed by atoms with Crippen LogP contribution in [0.3, 0.4) is 0 Å². The Labute approximate surface area is 112 Å². The summed E-state index contributed by atoms with van der Waals surface area (Å²) in [5.74, 6) is -0.174. The molecule has 0 amide bonds. The smallest absolute Gasteiger partial charge is 0.169 e. The molecule has 0 radical (unpaired) electrons. The first-order valence-electron chi connectivity index (χ1n) is 6.53. The Morgan fingerprint density at radius 3 is 2.26 bits per heavy atom. The van der Waals surface area contributed by atoms with E-state index in [2.05, 4.69) is 12.1 Å². The molecule has 2 fully saturated rings. The van der Waals surface area contributed by atoms with Gasteiger partial charge >= 0.3 is 0 Å². The first kappa shape index (κ1) is 11.9. The minimum Gasteiger partial charge on any atom is -0.294 e. The van der Waals surface area contributed by atoms with Crippen molar-refractivity contribution >= 4 is 5.78 Å². The zero-order valence-corrected chi connectivity index (χ0v) is 10.8. The molecule has 2 saturated carbocycles. The van der Waals surface area contributed by atoms with Crippen molar-refractivity contribution in [3.8, 4) is 12.1 Å². The molecule has 0 N–H and O–H groups in total. The summed E-state index contributed by atoms with van der Waals surface area (Å²) in [7, 11) is 0. The summed E-state index contributed by atoms with van der Waals surface area (Å²) < 4.78 is 0. The molecule has 1 aromatic carbocycles. The van der Waals surface area contributed by atoms with Crippen LogP contribution in [0.15, 0.2) is 30.3 Å². The average molecular weight is 250 g/mol. The van der Waals surface area contributed by atoms with Crippen LogP contribution in [0.5, 0.6) is 0 Å². The third-order valence-electron chi connectivity index (χ3n) is 4.90. The molecule has 2 atom stereocenters. The van der Waals surface area contributed by atoms with E-state index in [1.54, 1.807) is 12.1 Å². The van der Waals surface area contributed by atoms with Gasteiger partial charge in [0.2, 0.25) is 0 Å². The maximum Gasteiger partial charge on any atom is 0.169 e. The van der Waals surface area contributed by atoms with E-state index in [1.807, 2.05) is 25.1 Å². The maximum atomic E-state index is 12.6. The molecule has 19 heavy (non-hydrogen) atoms. The summed E-state index contributed by atoms with van der Waals surface area (Å²) in [4.78, 5) is 12.6. The standard InChI is InChI=1S/C16H14N2O/c1-15(12-7-8-12)14(16(15,9-17)10-18)13(19)11-5-3-2-4-6-11/h2-6,12,14H,7-8H2,1H3. The van der Waals surface area contributed by atoms with E-state index >= 15 is 0 Å². The fraction of sp³-hybridized carbons (Fsp3) is 0.438. The number of nitriles is 2. The molecule has 2 aliphatic rings. The summed E-state index contributed by atoms with van der Waals surface area (Å²) in [6.45, 7) is 1.93. The predicted octanol–water partition coefficient (Wildman–Crippen LogP) is 2.95. The van der Waals surface area contributed by atoms with Gasteiger partial charge in [0.1, 0.15) is 0 Å². The number of carbonyl (C=O) groups excluding carboxylic acids is 1. The summed E-state index contributed by atoms with van der Waals surface area (Å²) in [6.07, 6.45) is 2.06. The van der Waals surface area contributed by atoms with Gasteiger partial charge < -0.3 is 0 Å². The largest absolute Gasteiger partial charge is 0.294 e. The van der Waals surface area contributed by atoms with Crippen molar-refractivity contribution in [2.24, 2.45) is 22.7 Å². The highest BCUT2D eigenvalue weighted by Crippen LogP contribution is 2.77. The molecule has 3 rings (SSSR count). The summed E-state index contributed by atoms with van der Waals surface area (Å²) in [6, 6.07) is 13.3. The topological polar surface area (TPSA) is 64.7 Å². The van der Waals surface area contributed by atoms with Crippen LogP contribution in [0.1, 0.15) is 30.1 Å². The third kappa shape index (κ3) is 1.33. The molecule has 2 unspecified atom stereocenters. The molecule has 0 aromatic heterocycles. The predicted molar refractivity (Wildman–Crippen MR) is 68.8 cm³/mol. The highest BCUT2D eigenvalue weighted by Gasteiger charge is 2.82. The average Bonchev–Trinajstić information content (AvgIpc) is 3.34. The molecule has 2 aliphatic carbocycles. The second kappa shape index (κ2) is 3.68. The molecule has 3 heteroatoms. The van der Waals surface area contributed by atoms with Gasteiger partial charge in [-0.3, -0.25) is 4.79 Å². The fourth-order valence-electron chi connectivity index (χ4n) is 3.52. The molecule has 3 nitrogen and oxygen atoms in total. The number of hydrogen-bond acceptors (Lipinski definition) is 3. The van der Waals surface area contributed by atoms with E-state index in [-0.39, 0.29) is 5.78 Å². The van der Waals surface area contributed by atoms with Crippen molar-refractivity contribution < 1.29 is 4.79 Å². The summed E-state index contributed by atoms with van der Waals surface area (Å²) in [5, 5.41) is 18.8. The molecule has 0 saturated heterocycles. The number of nitrogens with zero attached hydrogens (tertiary/aromatic N) is 2. The van der Waals surface area contributed by atoms with Crippen molar-refractivity contribution in [3.05, 3.63) is 35.9 Å². The van der Waals surface area contributed by atoms with Gasteiger partial charge in [-0.15, -0.1) is 0 Å². The number of carbonyl (C=O) groups is 1. The quantitative estimate of drug-likeness (QED) is 0.775. The van der Waals surface area contributed by atoms with Gasteiger partial charge in [0.05, 0.1) is 18.1 Å². The Morgan fingerprint density at radius 2 is 1.79 bits per heavy atom. The van der Waals surface area contributed by atoms with Crippen molar-refractivity contribution in [2.75, 3.05) is 0 Å². The Bertz CT molecular complexity index is 604. The second-order valence-electron chi connectivity index (χ2n) is 5.75. The lowest BCUT2D eigenvalue weighted by molar-refractivity contribution is 0.0944. The Balaban J connectivity index is 2.00. The van der Waals surface area contributed by atoms with Crippen molar-refractivity contribution in [1.82, 2.24) is 0 Å². The van der Waals surface area contributed by atoms with Crippen molar-refractivity contribution in [2.45, 2.75) is 19.8 Å². The SMILES string of the molecule is CC1(C2CC2)C(C(=O)c2ccccc2)C1(C#N)C#N. The Morgan fingerprint density at radius 1 is 1.21 bits per heavy atom. The van der Waals surface area contributed by atoms with Gasteiger partial charge in [-0.05, 0) is 18.8 Å². The van der Waals surface area contributed by atoms with E-state index in [0.717, 1.165) is 12.8 Å².